The Kier molecular flexibility index (Phi) is 4.26. The Labute approximate surface area is 104 Å². The summed E-state index contributed by atoms with van der Waals surface area (Å²) >= 11 is 10.7. The predicted octanol–water partition coefficient (Wildman–Crippen LogP) is 0.782. The fourth-order valence-electron chi connectivity index (χ4n) is 1.23. The van der Waals surface area contributed by atoms with Crippen molar-refractivity contribution in [1.29, 1.82) is 0 Å². The van der Waals surface area contributed by atoms with Crippen molar-refractivity contribution in [2.24, 2.45) is 11.7 Å². The van der Waals surface area contributed by atoms with Crippen LogP contribution in [0.15, 0.2) is 11.1 Å². The molecule has 0 bridgehead atoms. The van der Waals surface area contributed by atoms with Gasteiger partial charge >= 0.3 is 0 Å². The number of thiocarbonyl (C=S) groups is 1. The minimum absolute atomic E-state index is 0.0251. The molecule has 0 radical (unpaired) electrons. The zero-order valence-corrected chi connectivity index (χ0v) is 10.6. The molecule has 0 saturated heterocycles. The molecular weight excluding hydrogens is 248 g/mol. The number of aromatic amines is 1. The smallest absolute Gasteiger partial charge is 0.271 e. The van der Waals surface area contributed by atoms with Crippen molar-refractivity contribution in [3.63, 3.8) is 0 Å². The summed E-state index contributed by atoms with van der Waals surface area (Å²) in [6.45, 7) is 2.46. The van der Waals surface area contributed by atoms with Crippen LogP contribution in [0.4, 0.5) is 5.82 Å². The average Bonchev–Trinajstić information content (AvgIpc) is 2.21. The number of hydrogen-bond donors (Lipinski definition) is 2. The molecule has 0 aromatic carbocycles. The van der Waals surface area contributed by atoms with Crippen LogP contribution in [0.3, 0.4) is 0 Å². The lowest BCUT2D eigenvalue weighted by molar-refractivity contribution is 0.733. The molecule has 1 aromatic rings. The number of halogens is 1. The second-order valence-corrected chi connectivity index (χ2v) is 4.40. The Balaban J connectivity index is 2.89. The first-order valence-electron chi connectivity index (χ1n) is 4.67. The Morgan fingerprint density at radius 1 is 1.81 bits per heavy atom. The van der Waals surface area contributed by atoms with Crippen molar-refractivity contribution in [3.05, 3.63) is 21.7 Å². The number of nitrogens with two attached hydrogens (primary N) is 1. The van der Waals surface area contributed by atoms with Gasteiger partial charge in [0, 0.05) is 19.5 Å². The first-order chi connectivity index (χ1) is 7.43. The molecule has 0 saturated carbocycles. The predicted molar refractivity (Wildman–Crippen MR) is 69.1 cm³/mol. The summed E-state index contributed by atoms with van der Waals surface area (Å²) in [5, 5.41) is 0.0696. The number of anilines is 1. The van der Waals surface area contributed by atoms with Crippen molar-refractivity contribution in [1.82, 2.24) is 9.97 Å². The topological polar surface area (TPSA) is 75.0 Å². The molecule has 5 nitrogen and oxygen atoms in total. The first kappa shape index (κ1) is 12.9. The number of H-pyrrole nitrogens is 1. The fourth-order valence-corrected chi connectivity index (χ4v) is 1.55. The van der Waals surface area contributed by atoms with Gasteiger partial charge in [-0.3, -0.25) is 4.79 Å². The summed E-state index contributed by atoms with van der Waals surface area (Å²) < 4.78 is 0. The Morgan fingerprint density at radius 2 is 2.44 bits per heavy atom. The third-order valence-electron chi connectivity index (χ3n) is 2.17. The summed E-state index contributed by atoms with van der Waals surface area (Å²) in [7, 11) is 1.78. The van der Waals surface area contributed by atoms with Crippen LogP contribution < -0.4 is 16.2 Å². The highest BCUT2D eigenvalue weighted by atomic mass is 35.5. The normalized spacial score (nSPS) is 12.2. The molecule has 1 rings (SSSR count). The highest BCUT2D eigenvalue weighted by Crippen LogP contribution is 2.17. The molecule has 0 aliphatic carbocycles. The average molecular weight is 261 g/mol. The number of nitrogens with zero attached hydrogens (tertiary/aromatic N) is 2. The zero-order chi connectivity index (χ0) is 12.3. The highest BCUT2D eigenvalue weighted by Gasteiger charge is 2.14. The van der Waals surface area contributed by atoms with Crippen molar-refractivity contribution in [3.8, 4) is 0 Å². The summed E-state index contributed by atoms with van der Waals surface area (Å²) in [6.07, 6.45) is 1.31. The number of rotatable bonds is 4. The van der Waals surface area contributed by atoms with Gasteiger partial charge in [-0.25, -0.2) is 4.98 Å². The van der Waals surface area contributed by atoms with Gasteiger partial charge in [-0.1, -0.05) is 30.7 Å². The SMILES string of the molecule is CC(CN(C)c1nc[nH]c(=O)c1Cl)C(N)=S. The zero-order valence-electron chi connectivity index (χ0n) is 9.03. The summed E-state index contributed by atoms with van der Waals surface area (Å²) in [5.41, 5.74) is 5.15. The number of hydrogen-bond acceptors (Lipinski definition) is 4. The minimum atomic E-state index is -0.360. The standard InChI is InChI=1S/C9H13ClN4OS/c1-5(7(11)16)3-14(2)8-6(10)9(15)13-4-12-8/h4-5H,3H2,1-2H3,(H2,11,16)(H,12,13,15). The van der Waals surface area contributed by atoms with E-state index in [1.54, 1.807) is 11.9 Å². The van der Waals surface area contributed by atoms with Crippen LogP contribution in [0.2, 0.25) is 5.02 Å². The van der Waals surface area contributed by atoms with Crippen LogP contribution in [0.5, 0.6) is 0 Å². The molecule has 1 heterocycles. The van der Waals surface area contributed by atoms with Crippen molar-refractivity contribution >= 4 is 34.6 Å². The molecule has 3 N–H and O–H groups in total. The second kappa shape index (κ2) is 5.27. The van der Waals surface area contributed by atoms with Crippen LogP contribution in [-0.4, -0.2) is 28.5 Å². The quantitative estimate of drug-likeness (QED) is 0.783. The molecule has 7 heteroatoms. The van der Waals surface area contributed by atoms with E-state index in [2.05, 4.69) is 9.97 Å². The largest absolute Gasteiger partial charge is 0.393 e. The lowest BCUT2D eigenvalue weighted by Crippen LogP contribution is -2.32. The molecule has 0 aliphatic rings. The summed E-state index contributed by atoms with van der Waals surface area (Å²) in [5.74, 6) is 0.450. The molecule has 1 unspecified atom stereocenters. The Hall–Kier alpha value is -1.14. The molecule has 88 valence electrons. The second-order valence-electron chi connectivity index (χ2n) is 3.55. The maximum absolute atomic E-state index is 11.3. The first-order valence-corrected chi connectivity index (χ1v) is 5.45. The maximum atomic E-state index is 11.3. The van der Waals surface area contributed by atoms with Gasteiger partial charge in [0.2, 0.25) is 0 Å². The summed E-state index contributed by atoms with van der Waals surface area (Å²) in [4.78, 5) is 19.8. The van der Waals surface area contributed by atoms with Crippen LogP contribution in [0.1, 0.15) is 6.92 Å². The van der Waals surface area contributed by atoms with E-state index in [-0.39, 0.29) is 16.5 Å². The van der Waals surface area contributed by atoms with Crippen molar-refractivity contribution < 1.29 is 0 Å². The highest BCUT2D eigenvalue weighted by molar-refractivity contribution is 7.80. The molecule has 16 heavy (non-hydrogen) atoms. The third kappa shape index (κ3) is 2.93. The van der Waals surface area contributed by atoms with E-state index in [0.29, 0.717) is 17.4 Å². The molecule has 0 amide bonds. The van der Waals surface area contributed by atoms with Crippen LogP contribution in [0.25, 0.3) is 0 Å². The van der Waals surface area contributed by atoms with Gasteiger partial charge in [0.05, 0.1) is 11.3 Å². The van der Waals surface area contributed by atoms with Gasteiger partial charge in [-0.15, -0.1) is 0 Å². The molecule has 1 aromatic heterocycles. The van der Waals surface area contributed by atoms with Gasteiger partial charge in [-0.2, -0.15) is 0 Å². The molecule has 0 spiro atoms. The fraction of sp³-hybridized carbons (Fsp3) is 0.444. The monoisotopic (exact) mass is 260 g/mol. The van der Waals surface area contributed by atoms with E-state index in [0.717, 1.165) is 0 Å². The minimum Gasteiger partial charge on any atom is -0.393 e. The number of nitrogens with one attached hydrogen (secondary N) is 1. The van der Waals surface area contributed by atoms with Gasteiger partial charge in [0.25, 0.3) is 5.56 Å². The molecule has 1 atom stereocenters. The molecule has 0 aliphatic heterocycles. The van der Waals surface area contributed by atoms with Crippen molar-refractivity contribution in [2.75, 3.05) is 18.5 Å². The van der Waals surface area contributed by atoms with E-state index in [4.69, 9.17) is 29.6 Å². The maximum Gasteiger partial charge on any atom is 0.271 e. The van der Waals surface area contributed by atoms with Gasteiger partial charge in [-0.05, 0) is 0 Å². The Morgan fingerprint density at radius 3 is 3.00 bits per heavy atom. The lowest BCUT2D eigenvalue weighted by Gasteiger charge is -2.22. The van der Waals surface area contributed by atoms with E-state index in [9.17, 15) is 4.79 Å². The van der Waals surface area contributed by atoms with Crippen LogP contribution in [0, 0.1) is 5.92 Å². The van der Waals surface area contributed by atoms with Gasteiger partial charge in [0.1, 0.15) is 5.02 Å². The van der Waals surface area contributed by atoms with Crippen LogP contribution >= 0.6 is 23.8 Å². The third-order valence-corrected chi connectivity index (χ3v) is 2.92. The van der Waals surface area contributed by atoms with Gasteiger partial charge in [0.15, 0.2) is 5.82 Å². The molecular formula is C9H13ClN4OS. The van der Waals surface area contributed by atoms with E-state index < -0.39 is 0 Å². The van der Waals surface area contributed by atoms with Gasteiger partial charge < -0.3 is 15.6 Å². The van der Waals surface area contributed by atoms with E-state index in [1.807, 2.05) is 6.92 Å². The number of aromatic nitrogens is 2. The van der Waals surface area contributed by atoms with E-state index >= 15 is 0 Å². The van der Waals surface area contributed by atoms with Crippen LogP contribution in [-0.2, 0) is 0 Å². The lowest BCUT2D eigenvalue weighted by atomic mass is 10.2. The summed E-state index contributed by atoms with van der Waals surface area (Å²) in [6, 6.07) is 0. The molecule has 0 fully saturated rings. The van der Waals surface area contributed by atoms with E-state index in [1.165, 1.54) is 6.33 Å². The van der Waals surface area contributed by atoms with Crippen molar-refractivity contribution in [2.45, 2.75) is 6.92 Å². The Bertz CT molecular complexity index is 447.